The van der Waals surface area contributed by atoms with Gasteiger partial charge in [0.1, 0.15) is 12.4 Å². The first-order valence-corrected chi connectivity index (χ1v) is 4.85. The molecule has 17 heavy (non-hydrogen) atoms. The standard InChI is InChI=1S/C10H11FN2O4/c1-2-12(6-10(14)15)8-3-7(11)4-9(5-8)13(16)17/h3-5H,2,6H2,1H3,(H,14,15). The van der Waals surface area contributed by atoms with E-state index in [1.54, 1.807) is 6.92 Å². The molecule has 0 aromatic heterocycles. The molecule has 0 fully saturated rings. The van der Waals surface area contributed by atoms with Crippen LogP contribution < -0.4 is 4.90 Å². The van der Waals surface area contributed by atoms with Crippen LogP contribution in [-0.2, 0) is 4.79 Å². The highest BCUT2D eigenvalue weighted by Crippen LogP contribution is 2.23. The summed E-state index contributed by atoms with van der Waals surface area (Å²) in [6.07, 6.45) is 0. The number of carbonyl (C=O) groups is 1. The Bertz CT molecular complexity index is 450. The van der Waals surface area contributed by atoms with Crippen LogP contribution in [0.25, 0.3) is 0 Å². The molecule has 0 saturated carbocycles. The topological polar surface area (TPSA) is 83.7 Å². The Morgan fingerprint density at radius 2 is 2.18 bits per heavy atom. The minimum atomic E-state index is -1.08. The zero-order valence-corrected chi connectivity index (χ0v) is 9.09. The van der Waals surface area contributed by atoms with Crippen molar-refractivity contribution >= 4 is 17.3 Å². The number of nitrogens with zero attached hydrogens (tertiary/aromatic N) is 2. The third-order valence-corrected chi connectivity index (χ3v) is 2.15. The van der Waals surface area contributed by atoms with E-state index in [-0.39, 0.29) is 12.2 Å². The molecule has 1 aromatic rings. The monoisotopic (exact) mass is 242 g/mol. The number of nitro benzene ring substituents is 1. The molecule has 6 nitrogen and oxygen atoms in total. The van der Waals surface area contributed by atoms with Gasteiger partial charge in [0.05, 0.1) is 11.0 Å². The highest BCUT2D eigenvalue weighted by atomic mass is 19.1. The fourth-order valence-electron chi connectivity index (χ4n) is 1.40. The predicted molar refractivity (Wildman–Crippen MR) is 58.6 cm³/mol. The lowest BCUT2D eigenvalue weighted by Gasteiger charge is -2.20. The number of anilines is 1. The molecule has 7 heteroatoms. The third-order valence-electron chi connectivity index (χ3n) is 2.15. The number of likely N-dealkylation sites (N-methyl/N-ethyl adjacent to an activating group) is 1. The van der Waals surface area contributed by atoms with Crippen LogP contribution in [0.15, 0.2) is 18.2 Å². The minimum Gasteiger partial charge on any atom is -0.480 e. The Hall–Kier alpha value is -2.18. The van der Waals surface area contributed by atoms with E-state index in [1.807, 2.05) is 0 Å². The number of hydrogen-bond donors (Lipinski definition) is 1. The van der Waals surface area contributed by atoms with Crippen molar-refractivity contribution < 1.29 is 19.2 Å². The number of rotatable bonds is 5. The van der Waals surface area contributed by atoms with Crippen LogP contribution in [0.1, 0.15) is 6.92 Å². The van der Waals surface area contributed by atoms with Crippen molar-refractivity contribution in [3.05, 3.63) is 34.1 Å². The molecule has 0 aliphatic rings. The number of halogens is 1. The van der Waals surface area contributed by atoms with Crippen LogP contribution in [0.5, 0.6) is 0 Å². The molecular formula is C10H11FN2O4. The molecule has 92 valence electrons. The van der Waals surface area contributed by atoms with E-state index in [0.29, 0.717) is 6.54 Å². The lowest BCUT2D eigenvalue weighted by molar-refractivity contribution is -0.385. The maximum Gasteiger partial charge on any atom is 0.323 e. The van der Waals surface area contributed by atoms with E-state index in [2.05, 4.69) is 0 Å². The summed E-state index contributed by atoms with van der Waals surface area (Å²) in [7, 11) is 0. The van der Waals surface area contributed by atoms with Crippen LogP contribution in [0.3, 0.4) is 0 Å². The molecule has 0 heterocycles. The summed E-state index contributed by atoms with van der Waals surface area (Å²) < 4.78 is 13.1. The Kier molecular flexibility index (Phi) is 3.97. The molecule has 0 unspecified atom stereocenters. The number of carboxylic acids is 1. The Morgan fingerprint density at radius 3 is 2.65 bits per heavy atom. The van der Waals surface area contributed by atoms with E-state index >= 15 is 0 Å². The van der Waals surface area contributed by atoms with Gasteiger partial charge in [-0.2, -0.15) is 0 Å². The summed E-state index contributed by atoms with van der Waals surface area (Å²) in [6, 6.07) is 3.01. The largest absolute Gasteiger partial charge is 0.480 e. The van der Waals surface area contributed by atoms with E-state index in [9.17, 15) is 19.3 Å². The zero-order chi connectivity index (χ0) is 13.0. The van der Waals surface area contributed by atoms with Gasteiger partial charge < -0.3 is 10.0 Å². The van der Waals surface area contributed by atoms with Crippen LogP contribution in [0, 0.1) is 15.9 Å². The summed E-state index contributed by atoms with van der Waals surface area (Å²) in [5.41, 5.74) is -0.217. The third kappa shape index (κ3) is 3.40. The van der Waals surface area contributed by atoms with E-state index in [1.165, 1.54) is 4.90 Å². The molecule has 0 amide bonds. The number of non-ortho nitro benzene ring substituents is 1. The fourth-order valence-corrected chi connectivity index (χ4v) is 1.40. The highest BCUT2D eigenvalue weighted by Gasteiger charge is 2.15. The van der Waals surface area contributed by atoms with Crippen molar-refractivity contribution in [2.45, 2.75) is 6.92 Å². The lowest BCUT2D eigenvalue weighted by Crippen LogP contribution is -2.29. The molecule has 1 aromatic carbocycles. The maximum atomic E-state index is 13.1. The van der Waals surface area contributed by atoms with Crippen LogP contribution >= 0.6 is 0 Å². The van der Waals surface area contributed by atoms with Gasteiger partial charge in [0, 0.05) is 18.3 Å². The highest BCUT2D eigenvalue weighted by molar-refractivity contribution is 5.74. The van der Waals surface area contributed by atoms with Gasteiger partial charge in [0.2, 0.25) is 0 Å². The maximum absolute atomic E-state index is 13.1. The molecule has 0 atom stereocenters. The Balaban J connectivity index is 3.10. The van der Waals surface area contributed by atoms with Gasteiger partial charge in [-0.05, 0) is 13.0 Å². The minimum absolute atomic E-state index is 0.182. The molecule has 1 N–H and O–H groups in total. The summed E-state index contributed by atoms with van der Waals surface area (Å²) in [5.74, 6) is -1.85. The van der Waals surface area contributed by atoms with Gasteiger partial charge in [-0.25, -0.2) is 4.39 Å². The van der Waals surface area contributed by atoms with Gasteiger partial charge in [0.25, 0.3) is 5.69 Å². The molecule has 0 aliphatic heterocycles. The summed E-state index contributed by atoms with van der Waals surface area (Å²) >= 11 is 0. The van der Waals surface area contributed by atoms with Crippen LogP contribution in [0.4, 0.5) is 15.8 Å². The molecular weight excluding hydrogens is 231 g/mol. The van der Waals surface area contributed by atoms with Crippen molar-refractivity contribution in [2.75, 3.05) is 18.0 Å². The quantitative estimate of drug-likeness (QED) is 0.626. The van der Waals surface area contributed by atoms with Crippen molar-refractivity contribution in [1.29, 1.82) is 0 Å². The van der Waals surface area contributed by atoms with E-state index < -0.39 is 22.4 Å². The van der Waals surface area contributed by atoms with Crippen molar-refractivity contribution in [2.24, 2.45) is 0 Å². The first-order valence-electron chi connectivity index (χ1n) is 4.85. The van der Waals surface area contributed by atoms with E-state index in [0.717, 1.165) is 18.2 Å². The zero-order valence-electron chi connectivity index (χ0n) is 9.09. The summed E-state index contributed by atoms with van der Waals surface area (Å²) in [4.78, 5) is 21.7. The molecule has 1 rings (SSSR count). The Labute approximate surface area is 96.4 Å². The van der Waals surface area contributed by atoms with Gasteiger partial charge in [0.15, 0.2) is 0 Å². The number of hydrogen-bond acceptors (Lipinski definition) is 4. The van der Waals surface area contributed by atoms with Gasteiger partial charge >= 0.3 is 5.97 Å². The number of carboxylic acid groups (broad SMARTS) is 1. The molecule has 0 spiro atoms. The predicted octanol–water partition coefficient (Wildman–Crippen LogP) is 1.64. The van der Waals surface area contributed by atoms with Gasteiger partial charge in [-0.15, -0.1) is 0 Å². The molecule has 0 saturated heterocycles. The van der Waals surface area contributed by atoms with Gasteiger partial charge in [-0.3, -0.25) is 14.9 Å². The number of nitro groups is 1. The smallest absolute Gasteiger partial charge is 0.323 e. The molecule has 0 aliphatic carbocycles. The second-order valence-corrected chi connectivity index (χ2v) is 3.33. The average molecular weight is 242 g/mol. The molecule has 0 radical (unpaired) electrons. The van der Waals surface area contributed by atoms with Crippen molar-refractivity contribution in [3.8, 4) is 0 Å². The first kappa shape index (κ1) is 12.9. The number of aliphatic carboxylic acids is 1. The summed E-state index contributed by atoms with van der Waals surface area (Å²) in [5, 5.41) is 19.2. The second-order valence-electron chi connectivity index (χ2n) is 3.33. The van der Waals surface area contributed by atoms with Crippen LogP contribution in [0.2, 0.25) is 0 Å². The SMILES string of the molecule is CCN(CC(=O)O)c1cc(F)cc([N+](=O)[O-])c1. The average Bonchev–Trinajstić information content (AvgIpc) is 2.24. The normalized spacial score (nSPS) is 10.0. The van der Waals surface area contributed by atoms with Crippen molar-refractivity contribution in [1.82, 2.24) is 0 Å². The van der Waals surface area contributed by atoms with Crippen molar-refractivity contribution in [3.63, 3.8) is 0 Å². The first-order chi connectivity index (χ1) is 7.93. The second kappa shape index (κ2) is 5.24. The molecule has 0 bridgehead atoms. The number of benzene rings is 1. The lowest BCUT2D eigenvalue weighted by atomic mass is 10.2. The summed E-state index contributed by atoms with van der Waals surface area (Å²) in [6.45, 7) is 1.66. The fraction of sp³-hybridized carbons (Fsp3) is 0.300. The van der Waals surface area contributed by atoms with Gasteiger partial charge in [-0.1, -0.05) is 0 Å². The van der Waals surface area contributed by atoms with Crippen LogP contribution in [-0.4, -0.2) is 29.1 Å². The van der Waals surface area contributed by atoms with E-state index in [4.69, 9.17) is 5.11 Å². The Morgan fingerprint density at radius 1 is 1.53 bits per heavy atom.